The number of aliphatic hydroxyl groups excluding tert-OH is 1. The first-order chi connectivity index (χ1) is 6.72. The molecule has 3 N–H and O–H groups in total. The quantitative estimate of drug-likeness (QED) is 0.779. The number of imidazole rings is 1. The number of aliphatic hydroxyl groups is 1. The van der Waals surface area contributed by atoms with Gasteiger partial charge in [-0.05, 0) is 17.7 Å². The summed E-state index contributed by atoms with van der Waals surface area (Å²) in [5, 5.41) is 9.45. The summed E-state index contributed by atoms with van der Waals surface area (Å²) in [5.41, 5.74) is 7.25. The van der Waals surface area contributed by atoms with E-state index in [0.717, 1.165) is 11.2 Å². The van der Waals surface area contributed by atoms with Gasteiger partial charge >= 0.3 is 0 Å². The Hall–Kier alpha value is -1.10. The van der Waals surface area contributed by atoms with Crippen LogP contribution in [0.4, 0.5) is 0 Å². The topological polar surface area (TPSA) is 63.5 Å². The van der Waals surface area contributed by atoms with Gasteiger partial charge in [0.15, 0.2) is 0 Å². The number of nitrogens with zero attached hydrogens (tertiary/aromatic N) is 2. The summed E-state index contributed by atoms with van der Waals surface area (Å²) in [7, 11) is 0. The third-order valence-electron chi connectivity index (χ3n) is 2.12. The second-order valence-corrected chi connectivity index (χ2v) is 3.45. The zero-order chi connectivity index (χ0) is 10.1. The maximum atomic E-state index is 8.89. The predicted molar refractivity (Wildman–Crippen MR) is 54.2 cm³/mol. The molecular formula is C9H10ClN3O. The van der Waals surface area contributed by atoms with Crippen molar-refractivity contribution in [3.8, 4) is 0 Å². The minimum Gasteiger partial charge on any atom is -0.394 e. The second kappa shape index (κ2) is 3.57. The molecule has 0 spiro atoms. The Balaban J connectivity index is 2.52. The molecule has 2 heterocycles. The summed E-state index contributed by atoms with van der Waals surface area (Å²) < 4.78 is 1.75. The van der Waals surface area contributed by atoms with Crippen LogP contribution in [0.5, 0.6) is 0 Å². The summed E-state index contributed by atoms with van der Waals surface area (Å²) in [4.78, 5) is 4.09. The highest BCUT2D eigenvalue weighted by atomic mass is 35.5. The van der Waals surface area contributed by atoms with Gasteiger partial charge in [-0.1, -0.05) is 11.6 Å². The number of hydrogen-bond donors (Lipinski definition) is 2. The van der Waals surface area contributed by atoms with Crippen molar-refractivity contribution in [2.75, 3.05) is 6.61 Å². The molecule has 0 aliphatic carbocycles. The molecule has 0 saturated carbocycles. The molecule has 0 fully saturated rings. The van der Waals surface area contributed by atoms with E-state index < -0.39 is 0 Å². The van der Waals surface area contributed by atoms with Gasteiger partial charge in [-0.2, -0.15) is 0 Å². The van der Waals surface area contributed by atoms with E-state index in [1.807, 2.05) is 12.1 Å². The fourth-order valence-corrected chi connectivity index (χ4v) is 1.49. The van der Waals surface area contributed by atoms with Gasteiger partial charge in [0, 0.05) is 6.20 Å². The molecule has 2 rings (SSSR count). The normalized spacial score (nSPS) is 13.4. The van der Waals surface area contributed by atoms with Gasteiger partial charge in [0.25, 0.3) is 0 Å². The Labute approximate surface area is 85.9 Å². The van der Waals surface area contributed by atoms with Crippen molar-refractivity contribution in [3.05, 3.63) is 35.2 Å². The van der Waals surface area contributed by atoms with Crippen molar-refractivity contribution in [1.82, 2.24) is 9.38 Å². The highest BCUT2D eigenvalue weighted by Crippen LogP contribution is 2.16. The van der Waals surface area contributed by atoms with Crippen LogP contribution in [0.15, 0.2) is 24.5 Å². The summed E-state index contributed by atoms with van der Waals surface area (Å²) in [6.45, 7) is -0.0788. The van der Waals surface area contributed by atoms with Gasteiger partial charge in [-0.25, -0.2) is 4.98 Å². The Morgan fingerprint density at radius 3 is 3.14 bits per heavy atom. The monoisotopic (exact) mass is 211 g/mol. The molecule has 0 aromatic carbocycles. The van der Waals surface area contributed by atoms with Crippen LogP contribution >= 0.6 is 11.6 Å². The molecule has 2 aromatic heterocycles. The number of halogens is 1. The molecule has 2 aromatic rings. The molecule has 74 valence electrons. The first-order valence-corrected chi connectivity index (χ1v) is 4.59. The first kappa shape index (κ1) is 9.45. The van der Waals surface area contributed by atoms with Crippen molar-refractivity contribution < 1.29 is 5.11 Å². The predicted octanol–water partition coefficient (Wildman–Crippen LogP) is 0.980. The van der Waals surface area contributed by atoms with Gasteiger partial charge in [0.2, 0.25) is 0 Å². The van der Waals surface area contributed by atoms with Crippen LogP contribution < -0.4 is 5.73 Å². The van der Waals surface area contributed by atoms with Crippen LogP contribution in [0, 0.1) is 0 Å². The van der Waals surface area contributed by atoms with E-state index in [9.17, 15) is 0 Å². The van der Waals surface area contributed by atoms with Gasteiger partial charge in [0.1, 0.15) is 10.8 Å². The lowest BCUT2D eigenvalue weighted by Crippen LogP contribution is -2.14. The average Bonchev–Trinajstić information content (AvgIpc) is 2.59. The fraction of sp³-hybridized carbons (Fsp3) is 0.222. The van der Waals surface area contributed by atoms with Crippen molar-refractivity contribution in [1.29, 1.82) is 0 Å². The molecule has 0 aliphatic rings. The molecule has 0 radical (unpaired) electrons. The average molecular weight is 212 g/mol. The van der Waals surface area contributed by atoms with Crippen molar-refractivity contribution in [2.45, 2.75) is 6.04 Å². The van der Waals surface area contributed by atoms with Gasteiger partial charge in [-0.3, -0.25) is 4.40 Å². The number of aromatic nitrogens is 2. The van der Waals surface area contributed by atoms with Gasteiger partial charge in [0.05, 0.1) is 18.8 Å². The summed E-state index contributed by atoms with van der Waals surface area (Å²) >= 11 is 5.86. The first-order valence-electron chi connectivity index (χ1n) is 4.21. The van der Waals surface area contributed by atoms with Crippen molar-refractivity contribution in [3.63, 3.8) is 0 Å². The fourth-order valence-electron chi connectivity index (χ4n) is 1.30. The highest BCUT2D eigenvalue weighted by molar-refractivity contribution is 6.29. The van der Waals surface area contributed by atoms with E-state index in [-0.39, 0.29) is 12.6 Å². The number of nitrogens with two attached hydrogens (primary N) is 1. The molecule has 1 atom stereocenters. The van der Waals surface area contributed by atoms with Crippen LogP contribution in [0.3, 0.4) is 0 Å². The largest absolute Gasteiger partial charge is 0.394 e. The Morgan fingerprint density at radius 2 is 2.43 bits per heavy atom. The lowest BCUT2D eigenvalue weighted by molar-refractivity contribution is 0.268. The third kappa shape index (κ3) is 1.48. The molecule has 14 heavy (non-hydrogen) atoms. The smallest absolute Gasteiger partial charge is 0.138 e. The molecular weight excluding hydrogens is 202 g/mol. The van der Waals surface area contributed by atoms with Crippen LogP contribution in [0.25, 0.3) is 5.65 Å². The maximum Gasteiger partial charge on any atom is 0.138 e. The maximum absolute atomic E-state index is 8.89. The van der Waals surface area contributed by atoms with Crippen LogP contribution in [-0.2, 0) is 0 Å². The van der Waals surface area contributed by atoms with Crippen LogP contribution in [-0.4, -0.2) is 21.1 Å². The van der Waals surface area contributed by atoms with E-state index in [2.05, 4.69) is 4.98 Å². The second-order valence-electron chi connectivity index (χ2n) is 3.06. The number of hydrogen-bond acceptors (Lipinski definition) is 3. The minimum atomic E-state index is -0.365. The molecule has 5 heteroatoms. The van der Waals surface area contributed by atoms with E-state index in [4.69, 9.17) is 22.4 Å². The standard InChI is InChI=1S/C9H10ClN3O/c10-8-4-12-9-3-6(7(11)5-14)1-2-13(8)9/h1-4,7,14H,5,11H2. The van der Waals surface area contributed by atoms with Crippen LogP contribution in [0.1, 0.15) is 11.6 Å². The zero-order valence-corrected chi connectivity index (χ0v) is 8.15. The molecule has 1 unspecified atom stereocenters. The van der Waals surface area contributed by atoms with Crippen molar-refractivity contribution in [2.24, 2.45) is 5.73 Å². The molecule has 0 aliphatic heterocycles. The summed E-state index contributed by atoms with van der Waals surface area (Å²) in [6, 6.07) is 3.27. The zero-order valence-electron chi connectivity index (χ0n) is 7.39. The number of pyridine rings is 1. The molecule has 0 saturated heterocycles. The third-order valence-corrected chi connectivity index (χ3v) is 2.40. The Kier molecular flexibility index (Phi) is 2.41. The Bertz CT molecular complexity index is 454. The van der Waals surface area contributed by atoms with E-state index in [1.54, 1.807) is 16.8 Å². The van der Waals surface area contributed by atoms with E-state index in [1.165, 1.54) is 0 Å². The van der Waals surface area contributed by atoms with E-state index >= 15 is 0 Å². The lowest BCUT2D eigenvalue weighted by atomic mass is 10.1. The van der Waals surface area contributed by atoms with Crippen molar-refractivity contribution >= 4 is 17.2 Å². The molecule has 0 bridgehead atoms. The van der Waals surface area contributed by atoms with E-state index in [0.29, 0.717) is 5.15 Å². The molecule has 0 amide bonds. The van der Waals surface area contributed by atoms with Gasteiger partial charge in [-0.15, -0.1) is 0 Å². The summed E-state index contributed by atoms with van der Waals surface area (Å²) in [6.07, 6.45) is 3.36. The van der Waals surface area contributed by atoms with Gasteiger partial charge < -0.3 is 10.8 Å². The minimum absolute atomic E-state index is 0.0788. The summed E-state index contributed by atoms with van der Waals surface area (Å²) in [5.74, 6) is 0. The Morgan fingerprint density at radius 1 is 1.64 bits per heavy atom. The highest BCUT2D eigenvalue weighted by Gasteiger charge is 2.06. The molecule has 4 nitrogen and oxygen atoms in total. The SMILES string of the molecule is NC(CO)c1ccn2c(Cl)cnc2c1. The number of fused-ring (bicyclic) bond motifs is 1. The number of rotatable bonds is 2. The lowest BCUT2D eigenvalue weighted by Gasteiger charge is -2.08. The van der Waals surface area contributed by atoms with Crippen LogP contribution in [0.2, 0.25) is 5.15 Å².